The van der Waals surface area contributed by atoms with Gasteiger partial charge in [0.05, 0.1) is 18.8 Å². The Labute approximate surface area is 163 Å². The number of thioether (sulfide) groups is 1. The van der Waals surface area contributed by atoms with Crippen molar-refractivity contribution in [2.45, 2.75) is 50.2 Å². The largest absolute Gasteiger partial charge is 0.425 e. The first kappa shape index (κ1) is 18.2. The van der Waals surface area contributed by atoms with E-state index in [9.17, 15) is 0 Å². The fraction of sp³-hybridized carbons (Fsp3) is 0.474. The zero-order valence-corrected chi connectivity index (χ0v) is 16.4. The topological polar surface area (TPSA) is 72.9 Å². The molecular weight excluding hydrogens is 360 g/mol. The number of benzene rings is 1. The van der Waals surface area contributed by atoms with Crippen LogP contribution in [0.1, 0.15) is 42.4 Å². The SMILES string of the molecule is Cc1nnc(CSc2nnc(CN3CCCCC3)n2Cc2ccccc2)o1. The summed E-state index contributed by atoms with van der Waals surface area (Å²) in [5, 5.41) is 17.8. The molecule has 0 N–H and O–H groups in total. The highest BCUT2D eigenvalue weighted by atomic mass is 32.2. The van der Waals surface area contributed by atoms with Gasteiger partial charge in [0.1, 0.15) is 5.82 Å². The van der Waals surface area contributed by atoms with Gasteiger partial charge in [-0.15, -0.1) is 20.4 Å². The quantitative estimate of drug-likeness (QED) is 0.579. The Morgan fingerprint density at radius 1 is 0.963 bits per heavy atom. The lowest BCUT2D eigenvalue weighted by atomic mass is 10.1. The smallest absolute Gasteiger partial charge is 0.226 e. The van der Waals surface area contributed by atoms with Gasteiger partial charge < -0.3 is 8.98 Å². The van der Waals surface area contributed by atoms with Crippen molar-refractivity contribution in [3.05, 3.63) is 53.5 Å². The number of hydrogen-bond donors (Lipinski definition) is 0. The minimum Gasteiger partial charge on any atom is -0.425 e. The molecule has 0 amide bonds. The summed E-state index contributed by atoms with van der Waals surface area (Å²) < 4.78 is 7.70. The van der Waals surface area contributed by atoms with Gasteiger partial charge in [-0.25, -0.2) is 0 Å². The minimum absolute atomic E-state index is 0.585. The van der Waals surface area contributed by atoms with Gasteiger partial charge in [0, 0.05) is 6.92 Å². The second kappa shape index (κ2) is 8.67. The Morgan fingerprint density at radius 2 is 1.78 bits per heavy atom. The van der Waals surface area contributed by atoms with Gasteiger partial charge in [-0.3, -0.25) is 4.90 Å². The first-order chi connectivity index (χ1) is 13.3. The van der Waals surface area contributed by atoms with Crippen LogP contribution >= 0.6 is 11.8 Å². The molecule has 1 aromatic carbocycles. The maximum atomic E-state index is 5.48. The normalized spacial score (nSPS) is 15.3. The average molecular weight is 385 g/mol. The third-order valence-electron chi connectivity index (χ3n) is 4.68. The molecular formula is C19H24N6OS. The maximum absolute atomic E-state index is 5.48. The number of rotatable bonds is 7. The molecule has 7 nitrogen and oxygen atoms in total. The van der Waals surface area contributed by atoms with Gasteiger partial charge in [-0.2, -0.15) is 0 Å². The van der Waals surface area contributed by atoms with Crippen LogP contribution in [0.15, 0.2) is 39.9 Å². The summed E-state index contributed by atoms with van der Waals surface area (Å²) in [6, 6.07) is 10.5. The second-order valence-corrected chi connectivity index (χ2v) is 7.75. The fourth-order valence-corrected chi connectivity index (χ4v) is 4.10. The van der Waals surface area contributed by atoms with Gasteiger partial charge in [0.2, 0.25) is 11.8 Å². The van der Waals surface area contributed by atoms with E-state index in [0.717, 1.165) is 37.2 Å². The van der Waals surface area contributed by atoms with Crippen molar-refractivity contribution in [2.75, 3.05) is 13.1 Å². The molecule has 27 heavy (non-hydrogen) atoms. The van der Waals surface area contributed by atoms with Crippen LogP contribution < -0.4 is 0 Å². The summed E-state index contributed by atoms with van der Waals surface area (Å²) in [5.74, 6) is 2.81. The highest BCUT2D eigenvalue weighted by molar-refractivity contribution is 7.98. The first-order valence-electron chi connectivity index (χ1n) is 9.38. The molecule has 0 unspecified atom stereocenters. The number of likely N-dealkylation sites (tertiary alicyclic amines) is 1. The fourth-order valence-electron chi connectivity index (χ4n) is 3.31. The van der Waals surface area contributed by atoms with Crippen LogP contribution in [0.25, 0.3) is 0 Å². The Morgan fingerprint density at radius 3 is 2.52 bits per heavy atom. The third-order valence-corrected chi connectivity index (χ3v) is 5.63. The van der Waals surface area contributed by atoms with Gasteiger partial charge in [0.15, 0.2) is 5.16 Å². The first-order valence-corrected chi connectivity index (χ1v) is 10.4. The van der Waals surface area contributed by atoms with E-state index in [1.54, 1.807) is 18.7 Å². The van der Waals surface area contributed by atoms with Gasteiger partial charge in [-0.05, 0) is 31.5 Å². The lowest BCUT2D eigenvalue weighted by molar-refractivity contribution is 0.213. The molecule has 0 saturated carbocycles. The average Bonchev–Trinajstić information content (AvgIpc) is 3.28. The molecule has 1 saturated heterocycles. The van der Waals surface area contributed by atoms with E-state index < -0.39 is 0 Å². The molecule has 0 radical (unpaired) electrons. The Kier molecular flexibility index (Phi) is 5.84. The molecule has 0 spiro atoms. The summed E-state index contributed by atoms with van der Waals surface area (Å²) in [6.07, 6.45) is 3.87. The lowest BCUT2D eigenvalue weighted by Gasteiger charge is -2.26. The standard InChI is InChI=1S/C19H24N6OS/c1-15-20-22-18(26-15)14-27-19-23-21-17(13-24-10-6-3-7-11-24)25(19)12-16-8-4-2-5-9-16/h2,4-5,8-9H,3,6-7,10-14H2,1H3. The van der Waals surface area contributed by atoms with Crippen LogP contribution in [0.5, 0.6) is 0 Å². The van der Waals surface area contributed by atoms with E-state index >= 15 is 0 Å². The van der Waals surface area contributed by atoms with E-state index in [1.165, 1.54) is 24.8 Å². The van der Waals surface area contributed by atoms with E-state index in [1.807, 2.05) is 6.07 Å². The minimum atomic E-state index is 0.585. The van der Waals surface area contributed by atoms with E-state index in [-0.39, 0.29) is 0 Å². The molecule has 0 aliphatic carbocycles. The van der Waals surface area contributed by atoms with Gasteiger partial charge in [-0.1, -0.05) is 48.5 Å². The van der Waals surface area contributed by atoms with Crippen molar-refractivity contribution >= 4 is 11.8 Å². The zero-order chi connectivity index (χ0) is 18.5. The molecule has 1 aliphatic heterocycles. The molecule has 0 atom stereocenters. The van der Waals surface area contributed by atoms with Crippen LogP contribution in [0.4, 0.5) is 0 Å². The van der Waals surface area contributed by atoms with Crippen molar-refractivity contribution < 1.29 is 4.42 Å². The molecule has 142 valence electrons. The van der Waals surface area contributed by atoms with Crippen molar-refractivity contribution in [3.63, 3.8) is 0 Å². The van der Waals surface area contributed by atoms with E-state index in [4.69, 9.17) is 4.42 Å². The van der Waals surface area contributed by atoms with Crippen LogP contribution in [0.3, 0.4) is 0 Å². The monoisotopic (exact) mass is 384 g/mol. The number of hydrogen-bond acceptors (Lipinski definition) is 7. The summed E-state index contributed by atoms with van der Waals surface area (Å²) in [4.78, 5) is 2.48. The highest BCUT2D eigenvalue weighted by Gasteiger charge is 2.18. The summed E-state index contributed by atoms with van der Waals surface area (Å²) in [6.45, 7) is 5.70. The Balaban J connectivity index is 1.53. The van der Waals surface area contributed by atoms with Gasteiger partial charge >= 0.3 is 0 Å². The second-order valence-electron chi connectivity index (χ2n) is 6.81. The highest BCUT2D eigenvalue weighted by Crippen LogP contribution is 2.23. The Bertz CT molecular complexity index is 856. The summed E-state index contributed by atoms with van der Waals surface area (Å²) in [5.41, 5.74) is 1.24. The van der Waals surface area contributed by atoms with Crippen LogP contribution in [-0.2, 0) is 18.8 Å². The molecule has 0 bridgehead atoms. The van der Waals surface area contributed by atoms with E-state index in [2.05, 4.69) is 54.1 Å². The molecule has 3 aromatic rings. The molecule has 3 heterocycles. The molecule has 1 aliphatic rings. The molecule has 1 fully saturated rings. The van der Waals surface area contributed by atoms with E-state index in [0.29, 0.717) is 17.5 Å². The van der Waals surface area contributed by atoms with Crippen molar-refractivity contribution in [3.8, 4) is 0 Å². The Hall–Kier alpha value is -2.19. The van der Waals surface area contributed by atoms with Crippen molar-refractivity contribution in [1.29, 1.82) is 0 Å². The molecule has 8 heteroatoms. The maximum Gasteiger partial charge on any atom is 0.226 e. The van der Waals surface area contributed by atoms with Gasteiger partial charge in [0.25, 0.3) is 0 Å². The number of aromatic nitrogens is 5. The number of nitrogens with zero attached hydrogens (tertiary/aromatic N) is 6. The number of aryl methyl sites for hydroxylation is 1. The summed E-state index contributed by atoms with van der Waals surface area (Å²) >= 11 is 1.59. The predicted molar refractivity (Wildman–Crippen MR) is 103 cm³/mol. The zero-order valence-electron chi connectivity index (χ0n) is 15.5. The lowest BCUT2D eigenvalue weighted by Crippen LogP contribution is -2.30. The van der Waals surface area contributed by atoms with Crippen molar-refractivity contribution in [2.24, 2.45) is 0 Å². The predicted octanol–water partition coefficient (Wildman–Crippen LogP) is 3.30. The van der Waals surface area contributed by atoms with Crippen LogP contribution in [-0.4, -0.2) is 43.0 Å². The molecule has 4 rings (SSSR count). The third kappa shape index (κ3) is 4.75. The number of piperidine rings is 1. The molecule has 2 aromatic heterocycles. The van der Waals surface area contributed by atoms with Crippen molar-refractivity contribution in [1.82, 2.24) is 29.9 Å². The van der Waals surface area contributed by atoms with Crippen LogP contribution in [0, 0.1) is 6.92 Å². The van der Waals surface area contributed by atoms with Crippen LogP contribution in [0.2, 0.25) is 0 Å². The summed E-state index contributed by atoms with van der Waals surface area (Å²) in [7, 11) is 0.